The number of anilines is 1. The van der Waals surface area contributed by atoms with Crippen LogP contribution >= 0.6 is 0 Å². The van der Waals surface area contributed by atoms with Crippen molar-refractivity contribution in [3.05, 3.63) is 29.3 Å². The van der Waals surface area contributed by atoms with Crippen LogP contribution in [-0.2, 0) is 6.54 Å². The van der Waals surface area contributed by atoms with Crippen LogP contribution in [0.25, 0.3) is 0 Å². The molecule has 4 heteroatoms. The second-order valence-corrected chi connectivity index (χ2v) is 4.40. The fraction of sp³-hybridized carbons (Fsp3) is 0.538. The molecule has 0 radical (unpaired) electrons. The Morgan fingerprint density at radius 1 is 1.24 bits per heavy atom. The zero-order valence-corrected chi connectivity index (χ0v) is 10.6. The molecule has 0 heterocycles. The summed E-state index contributed by atoms with van der Waals surface area (Å²) < 4.78 is 27.8. The summed E-state index contributed by atoms with van der Waals surface area (Å²) in [4.78, 5) is 1.74. The van der Waals surface area contributed by atoms with Crippen LogP contribution in [-0.4, -0.2) is 12.6 Å². The summed E-state index contributed by atoms with van der Waals surface area (Å²) in [5.41, 5.74) is 5.92. The average molecular weight is 242 g/mol. The van der Waals surface area contributed by atoms with E-state index in [1.54, 1.807) is 4.90 Å². The van der Waals surface area contributed by atoms with Gasteiger partial charge >= 0.3 is 0 Å². The van der Waals surface area contributed by atoms with Crippen LogP contribution < -0.4 is 10.6 Å². The van der Waals surface area contributed by atoms with E-state index in [-0.39, 0.29) is 18.3 Å². The van der Waals surface area contributed by atoms with Gasteiger partial charge in [-0.15, -0.1) is 0 Å². The third kappa shape index (κ3) is 3.16. The summed E-state index contributed by atoms with van der Waals surface area (Å²) in [7, 11) is 0. The van der Waals surface area contributed by atoms with E-state index in [1.165, 1.54) is 12.1 Å². The van der Waals surface area contributed by atoms with Gasteiger partial charge in [-0.25, -0.2) is 8.78 Å². The zero-order valence-electron chi connectivity index (χ0n) is 10.6. The van der Waals surface area contributed by atoms with Gasteiger partial charge in [0.05, 0.1) is 0 Å². The first-order valence-electron chi connectivity index (χ1n) is 5.95. The predicted octanol–water partition coefficient (Wildman–Crippen LogP) is 3.05. The van der Waals surface area contributed by atoms with E-state index in [4.69, 9.17) is 5.73 Å². The monoisotopic (exact) mass is 242 g/mol. The highest BCUT2D eigenvalue weighted by Gasteiger charge is 2.19. The molecule has 0 bridgehead atoms. The highest BCUT2D eigenvalue weighted by Crippen LogP contribution is 2.26. The molecular formula is C13H20F2N2. The van der Waals surface area contributed by atoms with Gasteiger partial charge in [-0.2, -0.15) is 0 Å². The molecule has 1 rings (SSSR count). The standard InChI is InChI=1S/C13H20F2N2/c1-4-5-17(9(2)3)13-11(14)6-10(8-16)7-12(13)15/h6-7,9H,4-5,8,16H2,1-3H3. The molecule has 2 nitrogen and oxygen atoms in total. The lowest BCUT2D eigenvalue weighted by molar-refractivity contribution is 0.551. The Balaban J connectivity index is 3.19. The third-order valence-electron chi connectivity index (χ3n) is 2.69. The average Bonchev–Trinajstić information content (AvgIpc) is 2.26. The van der Waals surface area contributed by atoms with E-state index in [0.717, 1.165) is 6.42 Å². The van der Waals surface area contributed by atoms with Gasteiger partial charge in [0.2, 0.25) is 0 Å². The van der Waals surface area contributed by atoms with Gasteiger partial charge in [0, 0.05) is 19.1 Å². The summed E-state index contributed by atoms with van der Waals surface area (Å²) in [6, 6.07) is 2.68. The number of hydrogen-bond acceptors (Lipinski definition) is 2. The van der Waals surface area contributed by atoms with Crippen LogP contribution in [0.1, 0.15) is 32.8 Å². The van der Waals surface area contributed by atoms with Crippen LogP contribution in [0.2, 0.25) is 0 Å². The van der Waals surface area contributed by atoms with Gasteiger partial charge < -0.3 is 10.6 Å². The van der Waals surface area contributed by atoms with Gasteiger partial charge in [-0.3, -0.25) is 0 Å². The van der Waals surface area contributed by atoms with Crippen molar-refractivity contribution in [3.63, 3.8) is 0 Å². The van der Waals surface area contributed by atoms with Crippen molar-refractivity contribution in [2.24, 2.45) is 5.73 Å². The van der Waals surface area contributed by atoms with Crippen molar-refractivity contribution in [2.45, 2.75) is 39.8 Å². The Kier molecular flexibility index (Phi) is 4.87. The molecule has 96 valence electrons. The van der Waals surface area contributed by atoms with Crippen LogP contribution in [0.5, 0.6) is 0 Å². The van der Waals surface area contributed by atoms with Gasteiger partial charge in [0.15, 0.2) is 0 Å². The van der Waals surface area contributed by atoms with Gasteiger partial charge in [-0.1, -0.05) is 6.92 Å². The first kappa shape index (κ1) is 13.9. The molecule has 0 amide bonds. The summed E-state index contributed by atoms with van der Waals surface area (Å²) in [6.07, 6.45) is 0.843. The normalized spacial score (nSPS) is 11.0. The van der Waals surface area contributed by atoms with Gasteiger partial charge in [-0.05, 0) is 38.0 Å². The number of nitrogens with two attached hydrogens (primary N) is 1. The van der Waals surface area contributed by atoms with E-state index in [2.05, 4.69) is 0 Å². The van der Waals surface area contributed by atoms with E-state index in [9.17, 15) is 8.78 Å². The van der Waals surface area contributed by atoms with Crippen LogP contribution in [0, 0.1) is 11.6 Å². The summed E-state index contributed by atoms with van der Waals surface area (Å²) in [5.74, 6) is -1.07. The molecule has 0 atom stereocenters. The number of nitrogens with zero attached hydrogens (tertiary/aromatic N) is 1. The molecule has 0 saturated carbocycles. The van der Waals surface area contributed by atoms with Crippen LogP contribution in [0.4, 0.5) is 14.5 Å². The smallest absolute Gasteiger partial charge is 0.149 e. The maximum atomic E-state index is 13.9. The lowest BCUT2D eigenvalue weighted by Gasteiger charge is -2.29. The first-order chi connectivity index (χ1) is 8.01. The molecule has 0 aromatic heterocycles. The fourth-order valence-corrected chi connectivity index (χ4v) is 1.88. The summed E-state index contributed by atoms with van der Waals surface area (Å²) >= 11 is 0. The van der Waals surface area contributed by atoms with Crippen molar-refractivity contribution in [1.29, 1.82) is 0 Å². The molecule has 17 heavy (non-hydrogen) atoms. The Morgan fingerprint density at radius 2 is 1.76 bits per heavy atom. The minimum absolute atomic E-state index is 0.0547. The van der Waals surface area contributed by atoms with Crippen LogP contribution in [0.3, 0.4) is 0 Å². The molecule has 0 aliphatic rings. The molecule has 2 N–H and O–H groups in total. The molecule has 0 fully saturated rings. The van der Waals surface area contributed by atoms with Crippen molar-refractivity contribution >= 4 is 5.69 Å². The Morgan fingerprint density at radius 3 is 2.12 bits per heavy atom. The molecule has 1 aromatic rings. The predicted molar refractivity (Wildman–Crippen MR) is 67.0 cm³/mol. The highest BCUT2D eigenvalue weighted by molar-refractivity contribution is 5.51. The first-order valence-corrected chi connectivity index (χ1v) is 5.95. The maximum absolute atomic E-state index is 13.9. The molecule has 0 aliphatic carbocycles. The lowest BCUT2D eigenvalue weighted by atomic mass is 10.1. The van der Waals surface area contributed by atoms with Crippen molar-refractivity contribution in [1.82, 2.24) is 0 Å². The number of hydrogen-bond donors (Lipinski definition) is 1. The van der Waals surface area contributed by atoms with Crippen molar-refractivity contribution < 1.29 is 8.78 Å². The minimum Gasteiger partial charge on any atom is -0.364 e. The number of benzene rings is 1. The summed E-state index contributed by atoms with van der Waals surface area (Å²) in [6.45, 7) is 6.60. The lowest BCUT2D eigenvalue weighted by Crippen LogP contribution is -2.33. The topological polar surface area (TPSA) is 29.3 Å². The highest BCUT2D eigenvalue weighted by atomic mass is 19.1. The minimum atomic E-state index is -0.535. The van der Waals surface area contributed by atoms with E-state index < -0.39 is 11.6 Å². The number of rotatable bonds is 5. The zero-order chi connectivity index (χ0) is 13.0. The largest absolute Gasteiger partial charge is 0.364 e. The molecule has 1 aromatic carbocycles. The number of halogens is 2. The van der Waals surface area contributed by atoms with Crippen LogP contribution in [0.15, 0.2) is 12.1 Å². The molecule has 0 aliphatic heterocycles. The van der Waals surface area contributed by atoms with E-state index >= 15 is 0 Å². The second kappa shape index (κ2) is 5.96. The molecule has 0 saturated heterocycles. The Bertz CT molecular complexity index is 355. The molecule has 0 spiro atoms. The second-order valence-electron chi connectivity index (χ2n) is 4.40. The third-order valence-corrected chi connectivity index (χ3v) is 2.69. The fourth-order valence-electron chi connectivity index (χ4n) is 1.88. The van der Waals surface area contributed by atoms with Crippen molar-refractivity contribution in [3.8, 4) is 0 Å². The van der Waals surface area contributed by atoms with E-state index in [0.29, 0.717) is 12.1 Å². The Hall–Kier alpha value is -1.16. The van der Waals surface area contributed by atoms with Crippen molar-refractivity contribution in [2.75, 3.05) is 11.4 Å². The van der Waals surface area contributed by atoms with Gasteiger partial charge in [0.25, 0.3) is 0 Å². The molecular weight excluding hydrogens is 222 g/mol. The van der Waals surface area contributed by atoms with Gasteiger partial charge in [0.1, 0.15) is 17.3 Å². The Labute approximate surface area is 101 Å². The quantitative estimate of drug-likeness (QED) is 0.860. The van der Waals surface area contributed by atoms with E-state index in [1.807, 2.05) is 20.8 Å². The molecule has 0 unspecified atom stereocenters. The SMILES string of the molecule is CCCN(c1c(F)cc(CN)cc1F)C(C)C. The maximum Gasteiger partial charge on any atom is 0.149 e. The summed E-state index contributed by atoms with van der Waals surface area (Å²) in [5, 5.41) is 0.